The Morgan fingerprint density at radius 1 is 1.21 bits per heavy atom. The first-order valence-corrected chi connectivity index (χ1v) is 8.99. The van der Waals surface area contributed by atoms with Crippen molar-refractivity contribution in [2.75, 3.05) is 23.0 Å². The van der Waals surface area contributed by atoms with E-state index in [4.69, 9.17) is 5.73 Å². The van der Waals surface area contributed by atoms with Crippen molar-refractivity contribution in [3.8, 4) is 0 Å². The molecule has 1 aromatic heterocycles. The number of nitrogens with two attached hydrogens (primary N) is 1. The third kappa shape index (κ3) is 3.63. The summed E-state index contributed by atoms with van der Waals surface area (Å²) < 4.78 is 2.33. The van der Waals surface area contributed by atoms with Gasteiger partial charge in [-0.3, -0.25) is 0 Å². The summed E-state index contributed by atoms with van der Waals surface area (Å²) >= 11 is 3.87. The molecular formula is C15H22N2S2. The van der Waals surface area contributed by atoms with E-state index >= 15 is 0 Å². The molecule has 104 valence electrons. The Morgan fingerprint density at radius 2 is 2.05 bits per heavy atom. The van der Waals surface area contributed by atoms with Crippen LogP contribution in [0.15, 0.2) is 29.3 Å². The van der Waals surface area contributed by atoms with Crippen molar-refractivity contribution in [1.82, 2.24) is 4.57 Å². The zero-order valence-electron chi connectivity index (χ0n) is 11.7. The molecule has 0 amide bonds. The van der Waals surface area contributed by atoms with Crippen molar-refractivity contribution in [3.63, 3.8) is 0 Å². The number of hydrogen-bond acceptors (Lipinski definition) is 3. The summed E-state index contributed by atoms with van der Waals surface area (Å²) in [6.07, 6.45) is 3.41. The van der Waals surface area contributed by atoms with Gasteiger partial charge in [-0.05, 0) is 41.9 Å². The van der Waals surface area contributed by atoms with Crippen LogP contribution in [0, 0.1) is 0 Å². The summed E-state index contributed by atoms with van der Waals surface area (Å²) in [5, 5.41) is 1.34. The number of thioether (sulfide) groups is 2. The number of benzene rings is 1. The highest BCUT2D eigenvalue weighted by atomic mass is 32.2. The maximum Gasteiger partial charge on any atom is 0.0512 e. The molecule has 19 heavy (non-hydrogen) atoms. The predicted octanol–water partition coefficient (Wildman–Crippen LogP) is 4.48. The van der Waals surface area contributed by atoms with Gasteiger partial charge in [-0.2, -0.15) is 11.8 Å². The maximum atomic E-state index is 6.03. The number of nitrogen functional groups attached to an aromatic ring is 1. The van der Waals surface area contributed by atoms with E-state index in [1.165, 1.54) is 33.7 Å². The molecule has 0 aliphatic rings. The molecule has 0 aliphatic heterocycles. The number of nitrogens with zero attached hydrogens (tertiary/aromatic N) is 1. The average Bonchev–Trinajstić information content (AvgIpc) is 2.78. The van der Waals surface area contributed by atoms with Crippen molar-refractivity contribution in [2.45, 2.75) is 31.7 Å². The van der Waals surface area contributed by atoms with E-state index in [0.29, 0.717) is 0 Å². The van der Waals surface area contributed by atoms with Crippen molar-refractivity contribution < 1.29 is 0 Å². The van der Waals surface area contributed by atoms with Gasteiger partial charge in [0.1, 0.15) is 0 Å². The van der Waals surface area contributed by atoms with Gasteiger partial charge in [-0.1, -0.05) is 13.8 Å². The second-order valence-corrected chi connectivity index (χ2v) is 7.14. The zero-order chi connectivity index (χ0) is 13.7. The van der Waals surface area contributed by atoms with E-state index in [9.17, 15) is 0 Å². The molecule has 1 aromatic carbocycles. The fourth-order valence-electron chi connectivity index (χ4n) is 2.23. The number of fused-ring (bicyclic) bond motifs is 1. The lowest BCUT2D eigenvalue weighted by atomic mass is 10.2. The SMILES string of the molecule is CCSCCCn1ccc2c(SCC)cc(N)cc21. The maximum absolute atomic E-state index is 6.03. The van der Waals surface area contributed by atoms with Gasteiger partial charge >= 0.3 is 0 Å². The zero-order valence-corrected chi connectivity index (χ0v) is 13.3. The molecule has 2 aromatic rings. The quantitative estimate of drug-likeness (QED) is 0.464. The smallest absolute Gasteiger partial charge is 0.0512 e. The minimum atomic E-state index is 0.867. The molecule has 1 heterocycles. The second-order valence-electron chi connectivity index (χ2n) is 4.44. The molecule has 0 unspecified atom stereocenters. The minimum absolute atomic E-state index is 0.867. The lowest BCUT2D eigenvalue weighted by Gasteiger charge is -2.08. The van der Waals surface area contributed by atoms with Crippen LogP contribution in [0.2, 0.25) is 0 Å². The molecule has 0 radical (unpaired) electrons. The summed E-state index contributed by atoms with van der Waals surface area (Å²) in [4.78, 5) is 1.30. The van der Waals surface area contributed by atoms with E-state index in [2.05, 4.69) is 42.8 Å². The van der Waals surface area contributed by atoms with Gasteiger partial charge in [0.2, 0.25) is 0 Å². The van der Waals surface area contributed by atoms with Crippen LogP contribution in [-0.2, 0) is 6.54 Å². The highest BCUT2D eigenvalue weighted by molar-refractivity contribution is 7.99. The minimum Gasteiger partial charge on any atom is -0.399 e. The molecule has 0 spiro atoms. The molecular weight excluding hydrogens is 272 g/mol. The topological polar surface area (TPSA) is 30.9 Å². The van der Waals surface area contributed by atoms with Crippen molar-refractivity contribution in [2.24, 2.45) is 0 Å². The first-order valence-electron chi connectivity index (χ1n) is 6.85. The summed E-state index contributed by atoms with van der Waals surface area (Å²) in [7, 11) is 0. The van der Waals surface area contributed by atoms with Gasteiger partial charge in [-0.25, -0.2) is 0 Å². The van der Waals surface area contributed by atoms with Crippen LogP contribution in [0.5, 0.6) is 0 Å². The first kappa shape index (κ1) is 14.7. The number of aryl methyl sites for hydroxylation is 1. The summed E-state index contributed by atoms with van der Waals surface area (Å²) in [6.45, 7) is 5.47. The van der Waals surface area contributed by atoms with E-state index in [1.807, 2.05) is 23.5 Å². The average molecular weight is 294 g/mol. The second kappa shape index (κ2) is 7.15. The predicted molar refractivity (Wildman–Crippen MR) is 90.4 cm³/mol. The van der Waals surface area contributed by atoms with Gasteiger partial charge in [0.05, 0.1) is 5.52 Å². The molecule has 0 fully saturated rings. The van der Waals surface area contributed by atoms with Gasteiger partial charge in [0.25, 0.3) is 0 Å². The Kier molecular flexibility index (Phi) is 5.52. The summed E-state index contributed by atoms with van der Waals surface area (Å²) in [5.74, 6) is 3.52. The van der Waals surface area contributed by atoms with E-state index in [1.54, 1.807) is 0 Å². The normalized spacial score (nSPS) is 11.3. The summed E-state index contributed by atoms with van der Waals surface area (Å²) in [5.41, 5.74) is 8.17. The van der Waals surface area contributed by atoms with Crippen LogP contribution in [0.1, 0.15) is 20.3 Å². The summed E-state index contributed by atoms with van der Waals surface area (Å²) in [6, 6.07) is 6.41. The van der Waals surface area contributed by atoms with E-state index < -0.39 is 0 Å². The third-order valence-corrected chi connectivity index (χ3v) is 4.99. The fraction of sp³-hybridized carbons (Fsp3) is 0.467. The lowest BCUT2D eigenvalue weighted by Crippen LogP contribution is -1.98. The standard InChI is InChI=1S/C15H22N2S2/c1-3-18-9-5-7-17-8-6-13-14(17)10-12(16)11-15(13)19-4-2/h6,8,10-11H,3-5,7,9,16H2,1-2H3. The molecule has 2 N–H and O–H groups in total. The monoisotopic (exact) mass is 294 g/mol. The first-order chi connectivity index (χ1) is 9.26. The van der Waals surface area contributed by atoms with Crippen LogP contribution in [0.25, 0.3) is 10.9 Å². The van der Waals surface area contributed by atoms with Crippen LogP contribution in [0.3, 0.4) is 0 Å². The van der Waals surface area contributed by atoms with Crippen LogP contribution >= 0.6 is 23.5 Å². The molecule has 2 nitrogen and oxygen atoms in total. The van der Waals surface area contributed by atoms with Crippen LogP contribution < -0.4 is 5.73 Å². The lowest BCUT2D eigenvalue weighted by molar-refractivity contribution is 0.709. The third-order valence-electron chi connectivity index (χ3n) is 3.06. The molecule has 0 aliphatic carbocycles. The van der Waals surface area contributed by atoms with Crippen molar-refractivity contribution >= 4 is 40.1 Å². The van der Waals surface area contributed by atoms with Crippen LogP contribution in [0.4, 0.5) is 5.69 Å². The Labute approximate surface area is 124 Å². The Balaban J connectivity index is 2.21. The number of aromatic nitrogens is 1. The molecule has 0 atom stereocenters. The van der Waals surface area contributed by atoms with Gasteiger partial charge < -0.3 is 10.3 Å². The van der Waals surface area contributed by atoms with Gasteiger partial charge in [0, 0.05) is 28.7 Å². The fourth-order valence-corrected chi connectivity index (χ4v) is 3.71. The molecule has 0 saturated carbocycles. The van der Waals surface area contributed by atoms with Crippen molar-refractivity contribution in [3.05, 3.63) is 24.4 Å². The Hall–Kier alpha value is -0.740. The molecule has 2 rings (SSSR count). The number of anilines is 1. The molecule has 0 bridgehead atoms. The van der Waals surface area contributed by atoms with Gasteiger partial charge in [-0.15, -0.1) is 11.8 Å². The highest BCUT2D eigenvalue weighted by Crippen LogP contribution is 2.31. The highest BCUT2D eigenvalue weighted by Gasteiger charge is 2.07. The number of rotatable bonds is 7. The van der Waals surface area contributed by atoms with E-state index in [0.717, 1.165) is 18.0 Å². The Morgan fingerprint density at radius 3 is 2.79 bits per heavy atom. The van der Waals surface area contributed by atoms with E-state index in [-0.39, 0.29) is 0 Å². The van der Waals surface area contributed by atoms with Crippen molar-refractivity contribution in [1.29, 1.82) is 0 Å². The molecule has 0 saturated heterocycles. The van der Waals surface area contributed by atoms with Gasteiger partial charge in [0.15, 0.2) is 0 Å². The molecule has 4 heteroatoms. The number of hydrogen-bond donors (Lipinski definition) is 1. The largest absolute Gasteiger partial charge is 0.399 e. The van der Waals surface area contributed by atoms with Crippen LogP contribution in [-0.4, -0.2) is 21.8 Å². The Bertz CT molecular complexity index is 534.